The molecular formula is C16H19N5O3. The minimum absolute atomic E-state index is 0.238. The first-order valence-corrected chi connectivity index (χ1v) is 7.71. The Morgan fingerprint density at radius 1 is 1.33 bits per heavy atom. The average molecular weight is 329 g/mol. The fourth-order valence-electron chi connectivity index (χ4n) is 2.86. The van der Waals surface area contributed by atoms with E-state index in [-0.39, 0.29) is 18.5 Å². The molecule has 1 fully saturated rings. The van der Waals surface area contributed by atoms with Gasteiger partial charge in [0.25, 0.3) is 0 Å². The van der Waals surface area contributed by atoms with Crippen molar-refractivity contribution in [2.45, 2.75) is 19.4 Å². The average Bonchev–Trinajstić information content (AvgIpc) is 3.20. The Labute approximate surface area is 139 Å². The SMILES string of the molecule is Cc1noc([C@@H]2CN(C(=O)NCc3ccccc3)C[C@H]2C(N)=O)n1. The summed E-state index contributed by atoms with van der Waals surface area (Å²) in [6, 6.07) is 9.35. The molecule has 3 amide bonds. The summed E-state index contributed by atoms with van der Waals surface area (Å²) in [5.74, 6) is -0.553. The van der Waals surface area contributed by atoms with Gasteiger partial charge < -0.3 is 20.5 Å². The third-order valence-electron chi connectivity index (χ3n) is 4.12. The summed E-state index contributed by atoms with van der Waals surface area (Å²) >= 11 is 0. The molecular weight excluding hydrogens is 310 g/mol. The molecule has 0 radical (unpaired) electrons. The Kier molecular flexibility index (Phi) is 4.45. The maximum atomic E-state index is 12.4. The lowest BCUT2D eigenvalue weighted by atomic mass is 9.95. The van der Waals surface area contributed by atoms with E-state index in [1.807, 2.05) is 30.3 Å². The highest BCUT2D eigenvalue weighted by Gasteiger charge is 2.42. The van der Waals surface area contributed by atoms with E-state index in [1.54, 1.807) is 11.8 Å². The van der Waals surface area contributed by atoms with Gasteiger partial charge in [-0.1, -0.05) is 35.5 Å². The number of amides is 3. The maximum Gasteiger partial charge on any atom is 0.317 e. The minimum Gasteiger partial charge on any atom is -0.369 e. The molecule has 2 aromatic rings. The van der Waals surface area contributed by atoms with Gasteiger partial charge in [0.15, 0.2) is 5.82 Å². The van der Waals surface area contributed by atoms with Crippen LogP contribution >= 0.6 is 0 Å². The van der Waals surface area contributed by atoms with Gasteiger partial charge in [0, 0.05) is 19.6 Å². The van der Waals surface area contributed by atoms with Crippen molar-refractivity contribution in [3.8, 4) is 0 Å². The fourth-order valence-corrected chi connectivity index (χ4v) is 2.86. The zero-order valence-electron chi connectivity index (χ0n) is 13.3. The van der Waals surface area contributed by atoms with Gasteiger partial charge in [-0.25, -0.2) is 4.79 Å². The van der Waals surface area contributed by atoms with Crippen LogP contribution in [0.5, 0.6) is 0 Å². The summed E-state index contributed by atoms with van der Waals surface area (Å²) in [6.07, 6.45) is 0. The summed E-state index contributed by atoms with van der Waals surface area (Å²) < 4.78 is 5.16. The van der Waals surface area contributed by atoms with Crippen LogP contribution < -0.4 is 11.1 Å². The van der Waals surface area contributed by atoms with E-state index in [9.17, 15) is 9.59 Å². The van der Waals surface area contributed by atoms with Crippen LogP contribution in [0.4, 0.5) is 4.79 Å². The van der Waals surface area contributed by atoms with Crippen molar-refractivity contribution in [3.63, 3.8) is 0 Å². The van der Waals surface area contributed by atoms with Crippen LogP contribution in [0.2, 0.25) is 0 Å². The van der Waals surface area contributed by atoms with E-state index in [2.05, 4.69) is 15.5 Å². The molecule has 3 N–H and O–H groups in total. The number of urea groups is 1. The van der Waals surface area contributed by atoms with Crippen molar-refractivity contribution < 1.29 is 14.1 Å². The van der Waals surface area contributed by atoms with Crippen LogP contribution in [0.15, 0.2) is 34.9 Å². The van der Waals surface area contributed by atoms with Crippen molar-refractivity contribution >= 4 is 11.9 Å². The molecule has 1 aromatic heterocycles. The Balaban J connectivity index is 1.66. The second-order valence-electron chi connectivity index (χ2n) is 5.84. The molecule has 2 heterocycles. The lowest BCUT2D eigenvalue weighted by molar-refractivity contribution is -0.121. The van der Waals surface area contributed by atoms with E-state index in [1.165, 1.54) is 0 Å². The summed E-state index contributed by atoms with van der Waals surface area (Å²) in [6.45, 7) is 2.67. The molecule has 8 nitrogen and oxygen atoms in total. The van der Waals surface area contributed by atoms with Crippen LogP contribution in [0.1, 0.15) is 23.2 Å². The molecule has 24 heavy (non-hydrogen) atoms. The number of carbonyl (C=O) groups excluding carboxylic acids is 2. The number of hydrogen-bond donors (Lipinski definition) is 2. The number of rotatable bonds is 4. The van der Waals surface area contributed by atoms with E-state index >= 15 is 0 Å². The maximum absolute atomic E-state index is 12.4. The largest absolute Gasteiger partial charge is 0.369 e. The summed E-state index contributed by atoms with van der Waals surface area (Å²) in [4.78, 5) is 29.8. The van der Waals surface area contributed by atoms with Crippen LogP contribution in [0.25, 0.3) is 0 Å². The van der Waals surface area contributed by atoms with Crippen molar-refractivity contribution in [2.75, 3.05) is 13.1 Å². The van der Waals surface area contributed by atoms with E-state index in [4.69, 9.17) is 10.3 Å². The molecule has 1 aromatic carbocycles. The molecule has 2 atom stereocenters. The highest BCUT2D eigenvalue weighted by molar-refractivity contribution is 5.81. The number of primary amides is 1. The molecule has 3 rings (SSSR count). The van der Waals surface area contributed by atoms with Gasteiger partial charge in [0.2, 0.25) is 11.8 Å². The number of aromatic nitrogens is 2. The zero-order valence-corrected chi connectivity index (χ0v) is 13.3. The van der Waals surface area contributed by atoms with Crippen molar-refractivity contribution in [1.82, 2.24) is 20.4 Å². The lowest BCUT2D eigenvalue weighted by Gasteiger charge is -2.16. The predicted molar refractivity (Wildman–Crippen MR) is 84.7 cm³/mol. The smallest absolute Gasteiger partial charge is 0.317 e. The van der Waals surface area contributed by atoms with Crippen LogP contribution in [-0.4, -0.2) is 40.1 Å². The minimum atomic E-state index is -0.535. The monoisotopic (exact) mass is 329 g/mol. The number of likely N-dealkylation sites (tertiary alicyclic amines) is 1. The number of hydrogen-bond acceptors (Lipinski definition) is 5. The molecule has 8 heteroatoms. The second kappa shape index (κ2) is 6.69. The number of nitrogens with two attached hydrogens (primary N) is 1. The van der Waals surface area contributed by atoms with Gasteiger partial charge in [0.05, 0.1) is 11.8 Å². The van der Waals surface area contributed by atoms with Gasteiger partial charge in [0.1, 0.15) is 0 Å². The molecule has 1 aliphatic rings. The number of nitrogens with one attached hydrogen (secondary N) is 1. The van der Waals surface area contributed by atoms with Gasteiger partial charge in [-0.3, -0.25) is 4.79 Å². The molecule has 0 bridgehead atoms. The Morgan fingerprint density at radius 2 is 2.08 bits per heavy atom. The van der Waals surface area contributed by atoms with Crippen LogP contribution in [0, 0.1) is 12.8 Å². The first kappa shape index (κ1) is 16.0. The Bertz CT molecular complexity index is 730. The Morgan fingerprint density at radius 3 is 2.71 bits per heavy atom. The first-order chi connectivity index (χ1) is 11.5. The molecule has 0 spiro atoms. The standard InChI is InChI=1S/C16H19N5O3/c1-10-19-15(24-20-10)13-9-21(8-12(13)14(17)22)16(23)18-7-11-5-3-2-4-6-11/h2-6,12-13H,7-9H2,1H3,(H2,17,22)(H,18,23)/t12-,13-/m1/s1. The third-order valence-corrected chi connectivity index (χ3v) is 4.12. The third kappa shape index (κ3) is 3.37. The first-order valence-electron chi connectivity index (χ1n) is 7.71. The number of carbonyl (C=O) groups is 2. The van der Waals surface area contributed by atoms with Crippen molar-refractivity contribution in [2.24, 2.45) is 11.7 Å². The quantitative estimate of drug-likeness (QED) is 0.860. The molecule has 1 aliphatic heterocycles. The number of benzene rings is 1. The van der Waals surface area contributed by atoms with Crippen LogP contribution in [-0.2, 0) is 11.3 Å². The number of nitrogens with zero attached hydrogens (tertiary/aromatic N) is 3. The molecule has 0 aliphatic carbocycles. The highest BCUT2D eigenvalue weighted by atomic mass is 16.5. The second-order valence-corrected chi connectivity index (χ2v) is 5.84. The molecule has 1 saturated heterocycles. The van der Waals surface area contributed by atoms with Gasteiger partial charge in [-0.2, -0.15) is 4.98 Å². The summed E-state index contributed by atoms with van der Waals surface area (Å²) in [5.41, 5.74) is 6.47. The normalized spacial score (nSPS) is 20.1. The molecule has 126 valence electrons. The van der Waals surface area contributed by atoms with Crippen molar-refractivity contribution in [3.05, 3.63) is 47.6 Å². The molecule has 0 unspecified atom stereocenters. The van der Waals surface area contributed by atoms with Gasteiger partial charge in [-0.05, 0) is 12.5 Å². The molecule has 0 saturated carbocycles. The topological polar surface area (TPSA) is 114 Å². The zero-order chi connectivity index (χ0) is 17.1. The summed E-state index contributed by atoms with van der Waals surface area (Å²) in [7, 11) is 0. The van der Waals surface area contributed by atoms with E-state index in [0.717, 1.165) is 5.56 Å². The van der Waals surface area contributed by atoms with E-state index in [0.29, 0.717) is 24.8 Å². The Hall–Kier alpha value is -2.90. The number of aryl methyl sites for hydroxylation is 1. The highest BCUT2D eigenvalue weighted by Crippen LogP contribution is 2.31. The summed E-state index contributed by atoms with van der Waals surface area (Å²) in [5, 5.41) is 6.59. The van der Waals surface area contributed by atoms with Gasteiger partial charge in [-0.15, -0.1) is 0 Å². The van der Waals surface area contributed by atoms with Gasteiger partial charge >= 0.3 is 6.03 Å². The van der Waals surface area contributed by atoms with Crippen LogP contribution in [0.3, 0.4) is 0 Å². The lowest BCUT2D eigenvalue weighted by Crippen LogP contribution is -2.39. The van der Waals surface area contributed by atoms with E-state index < -0.39 is 11.8 Å². The van der Waals surface area contributed by atoms with Crippen molar-refractivity contribution in [1.29, 1.82) is 0 Å². The fraction of sp³-hybridized carbons (Fsp3) is 0.375. The predicted octanol–water partition coefficient (Wildman–Crippen LogP) is 0.789.